The van der Waals surface area contributed by atoms with Gasteiger partial charge in [-0.2, -0.15) is 0 Å². The van der Waals surface area contributed by atoms with E-state index in [0.29, 0.717) is 5.56 Å². The molecule has 2 aromatic rings. The number of nitrogens with one attached hydrogen (secondary N) is 1. The first-order valence-corrected chi connectivity index (χ1v) is 6.88. The molecule has 22 heavy (non-hydrogen) atoms. The number of rotatable bonds is 5. The number of aliphatic hydroxyl groups excluding tert-OH is 1. The third-order valence-corrected chi connectivity index (χ3v) is 3.17. The molecule has 2 unspecified atom stereocenters. The highest BCUT2D eigenvalue weighted by Gasteiger charge is 2.17. The Morgan fingerprint density at radius 1 is 1.32 bits per heavy atom. The van der Waals surface area contributed by atoms with E-state index in [1.807, 2.05) is 6.07 Å². The van der Waals surface area contributed by atoms with Gasteiger partial charge in [0.2, 0.25) is 5.91 Å². The van der Waals surface area contributed by atoms with Crippen LogP contribution in [0.3, 0.4) is 0 Å². The van der Waals surface area contributed by atoms with Crippen LogP contribution in [0.25, 0.3) is 6.08 Å². The average molecular weight is 300 g/mol. The van der Waals surface area contributed by atoms with Crippen LogP contribution in [0.15, 0.2) is 54.9 Å². The maximum atomic E-state index is 12.9. The van der Waals surface area contributed by atoms with E-state index in [-0.39, 0.29) is 11.7 Å². The monoisotopic (exact) mass is 300 g/mol. The highest BCUT2D eigenvalue weighted by atomic mass is 19.1. The van der Waals surface area contributed by atoms with Gasteiger partial charge in [-0.15, -0.1) is 0 Å². The largest absolute Gasteiger partial charge is 0.386 e. The molecule has 114 valence electrons. The SMILES string of the molecule is CC(NC(=O)/C=C/c1cccnc1)C(O)c1ccc(F)cc1. The zero-order chi connectivity index (χ0) is 15.9. The number of hydrogen-bond acceptors (Lipinski definition) is 3. The van der Waals surface area contributed by atoms with Gasteiger partial charge in [-0.25, -0.2) is 4.39 Å². The Morgan fingerprint density at radius 2 is 2.05 bits per heavy atom. The van der Waals surface area contributed by atoms with Gasteiger partial charge in [-0.05, 0) is 42.3 Å². The summed E-state index contributed by atoms with van der Waals surface area (Å²) in [7, 11) is 0. The van der Waals surface area contributed by atoms with Crippen LogP contribution in [-0.2, 0) is 4.79 Å². The predicted molar refractivity (Wildman–Crippen MR) is 82.2 cm³/mol. The number of halogens is 1. The fraction of sp³-hybridized carbons (Fsp3) is 0.176. The second-order valence-corrected chi connectivity index (χ2v) is 4.91. The Bertz CT molecular complexity index is 641. The van der Waals surface area contributed by atoms with E-state index in [1.165, 1.54) is 30.3 Å². The topological polar surface area (TPSA) is 62.2 Å². The Morgan fingerprint density at radius 3 is 2.68 bits per heavy atom. The number of carbonyl (C=O) groups excluding carboxylic acids is 1. The first kappa shape index (κ1) is 15.9. The van der Waals surface area contributed by atoms with Crippen LogP contribution in [0, 0.1) is 5.82 Å². The highest BCUT2D eigenvalue weighted by molar-refractivity contribution is 5.91. The Balaban J connectivity index is 1.93. The van der Waals surface area contributed by atoms with Crippen molar-refractivity contribution in [2.24, 2.45) is 0 Å². The molecule has 2 rings (SSSR count). The summed E-state index contributed by atoms with van der Waals surface area (Å²) in [6, 6.07) is 8.63. The van der Waals surface area contributed by atoms with Crippen molar-refractivity contribution in [2.45, 2.75) is 19.1 Å². The lowest BCUT2D eigenvalue weighted by Crippen LogP contribution is -2.36. The molecule has 0 saturated heterocycles. The van der Waals surface area contributed by atoms with E-state index in [9.17, 15) is 14.3 Å². The summed E-state index contributed by atoms with van der Waals surface area (Å²) < 4.78 is 12.9. The number of carbonyl (C=O) groups is 1. The molecule has 1 aromatic heterocycles. The average Bonchev–Trinajstić information content (AvgIpc) is 2.54. The first-order valence-electron chi connectivity index (χ1n) is 6.88. The van der Waals surface area contributed by atoms with E-state index in [1.54, 1.807) is 31.5 Å². The Labute approximate surface area is 128 Å². The Hall–Kier alpha value is -2.53. The molecule has 0 radical (unpaired) electrons. The smallest absolute Gasteiger partial charge is 0.244 e. The zero-order valence-electron chi connectivity index (χ0n) is 12.1. The second-order valence-electron chi connectivity index (χ2n) is 4.91. The van der Waals surface area contributed by atoms with Crippen LogP contribution < -0.4 is 5.32 Å². The molecule has 0 fully saturated rings. The van der Waals surface area contributed by atoms with Crippen LogP contribution in [0.5, 0.6) is 0 Å². The van der Waals surface area contributed by atoms with Crippen LogP contribution in [-0.4, -0.2) is 22.0 Å². The summed E-state index contributed by atoms with van der Waals surface area (Å²) in [5, 5.41) is 12.8. The van der Waals surface area contributed by atoms with Crippen LogP contribution in [0.1, 0.15) is 24.2 Å². The van der Waals surface area contributed by atoms with Crippen molar-refractivity contribution < 1.29 is 14.3 Å². The van der Waals surface area contributed by atoms with Crippen molar-refractivity contribution in [3.63, 3.8) is 0 Å². The number of hydrogen-bond donors (Lipinski definition) is 2. The van der Waals surface area contributed by atoms with Crippen molar-refractivity contribution in [3.8, 4) is 0 Å². The van der Waals surface area contributed by atoms with Crippen LogP contribution in [0.2, 0.25) is 0 Å². The third kappa shape index (κ3) is 4.49. The number of amides is 1. The second kappa shape index (κ2) is 7.47. The normalized spacial score (nSPS) is 13.8. The van der Waals surface area contributed by atoms with Gasteiger partial charge in [0.25, 0.3) is 0 Å². The van der Waals surface area contributed by atoms with Gasteiger partial charge >= 0.3 is 0 Å². The van der Waals surface area contributed by atoms with E-state index < -0.39 is 12.1 Å². The molecule has 0 spiro atoms. The summed E-state index contributed by atoms with van der Waals surface area (Å²) >= 11 is 0. The molecule has 1 heterocycles. The van der Waals surface area contributed by atoms with Gasteiger partial charge in [0.1, 0.15) is 5.82 Å². The third-order valence-electron chi connectivity index (χ3n) is 3.17. The minimum atomic E-state index is -0.906. The minimum absolute atomic E-state index is 0.322. The van der Waals surface area contributed by atoms with Crippen molar-refractivity contribution in [3.05, 3.63) is 71.8 Å². The molecule has 1 aromatic carbocycles. The Kier molecular flexibility index (Phi) is 5.38. The number of nitrogens with zero attached hydrogens (tertiary/aromatic N) is 1. The van der Waals surface area contributed by atoms with Crippen molar-refractivity contribution in [1.29, 1.82) is 0 Å². The summed E-state index contributed by atoms with van der Waals surface area (Å²) in [6.45, 7) is 1.68. The quantitative estimate of drug-likeness (QED) is 0.834. The summed E-state index contributed by atoms with van der Waals surface area (Å²) in [4.78, 5) is 15.8. The number of pyridine rings is 1. The molecule has 0 aliphatic carbocycles. The van der Waals surface area contributed by atoms with Crippen molar-refractivity contribution >= 4 is 12.0 Å². The fourth-order valence-corrected chi connectivity index (χ4v) is 1.95. The summed E-state index contributed by atoms with van der Waals surface area (Å²) in [5.41, 5.74) is 1.36. The van der Waals surface area contributed by atoms with Gasteiger partial charge < -0.3 is 10.4 Å². The van der Waals surface area contributed by atoms with Crippen molar-refractivity contribution in [2.75, 3.05) is 0 Å². The molecule has 0 bridgehead atoms. The van der Waals surface area contributed by atoms with Crippen LogP contribution >= 0.6 is 0 Å². The molecule has 5 heteroatoms. The number of aromatic nitrogens is 1. The number of benzene rings is 1. The van der Waals surface area contributed by atoms with E-state index in [4.69, 9.17) is 0 Å². The standard InChI is InChI=1S/C17H17FN2O2/c1-12(17(22)14-5-7-15(18)8-6-14)20-16(21)9-4-13-3-2-10-19-11-13/h2-12,17,22H,1H3,(H,20,21)/b9-4+. The van der Waals surface area contributed by atoms with Crippen molar-refractivity contribution in [1.82, 2.24) is 10.3 Å². The molecule has 0 aliphatic heterocycles. The zero-order valence-corrected chi connectivity index (χ0v) is 12.1. The van der Waals surface area contributed by atoms with Gasteiger partial charge in [0.15, 0.2) is 0 Å². The summed E-state index contributed by atoms with van der Waals surface area (Å²) in [5.74, 6) is -0.690. The van der Waals surface area contributed by atoms with Crippen LogP contribution in [0.4, 0.5) is 4.39 Å². The van der Waals surface area contributed by atoms with Gasteiger partial charge in [0.05, 0.1) is 12.1 Å². The molecular formula is C17H17FN2O2. The molecule has 4 nitrogen and oxygen atoms in total. The first-order chi connectivity index (χ1) is 10.6. The minimum Gasteiger partial charge on any atom is -0.386 e. The van der Waals surface area contributed by atoms with Gasteiger partial charge in [-0.1, -0.05) is 18.2 Å². The lowest BCUT2D eigenvalue weighted by molar-refractivity contribution is -0.117. The van der Waals surface area contributed by atoms with E-state index >= 15 is 0 Å². The maximum absolute atomic E-state index is 12.9. The lowest BCUT2D eigenvalue weighted by atomic mass is 10.0. The molecule has 1 amide bonds. The van der Waals surface area contributed by atoms with E-state index in [2.05, 4.69) is 10.3 Å². The van der Waals surface area contributed by atoms with Gasteiger partial charge in [-0.3, -0.25) is 9.78 Å². The molecule has 2 N–H and O–H groups in total. The molecule has 0 saturated carbocycles. The molecule has 0 aliphatic rings. The predicted octanol–water partition coefficient (Wildman–Crippen LogP) is 2.47. The van der Waals surface area contributed by atoms with Gasteiger partial charge in [0, 0.05) is 18.5 Å². The highest BCUT2D eigenvalue weighted by Crippen LogP contribution is 2.17. The fourth-order valence-electron chi connectivity index (χ4n) is 1.95. The summed E-state index contributed by atoms with van der Waals surface area (Å²) in [6.07, 6.45) is 5.40. The van der Waals surface area contributed by atoms with E-state index in [0.717, 1.165) is 5.56 Å². The lowest BCUT2D eigenvalue weighted by Gasteiger charge is -2.19. The number of aliphatic hydroxyl groups is 1. The maximum Gasteiger partial charge on any atom is 0.244 e. The molecular weight excluding hydrogens is 283 g/mol. The molecule has 2 atom stereocenters.